The van der Waals surface area contributed by atoms with Crippen molar-refractivity contribution in [1.82, 2.24) is 4.90 Å². The fraction of sp³-hybridized carbons (Fsp3) is 0.200. The Morgan fingerprint density at radius 2 is 1.50 bits per heavy atom. The van der Waals surface area contributed by atoms with Crippen molar-refractivity contribution < 1.29 is 23.9 Å². The Morgan fingerprint density at radius 3 is 2.04 bits per heavy atom. The Kier molecular flexibility index (Phi) is 5.46. The van der Waals surface area contributed by atoms with Gasteiger partial charge in [-0.1, -0.05) is 23.7 Å². The van der Waals surface area contributed by atoms with E-state index in [9.17, 15) is 19.2 Å². The van der Waals surface area contributed by atoms with Gasteiger partial charge in [-0.15, -0.1) is 0 Å². The van der Waals surface area contributed by atoms with E-state index >= 15 is 0 Å². The molecule has 0 bridgehead atoms. The van der Waals surface area contributed by atoms with Crippen molar-refractivity contribution in [2.24, 2.45) is 0 Å². The highest BCUT2D eigenvalue weighted by Gasteiger charge is 2.41. The van der Waals surface area contributed by atoms with Crippen LogP contribution in [0.3, 0.4) is 0 Å². The molecule has 144 valence electrons. The molecular formula is C20H17ClN2O5. The van der Waals surface area contributed by atoms with Crippen molar-refractivity contribution in [3.63, 3.8) is 0 Å². The molecule has 2 atom stereocenters. The average molecular weight is 401 g/mol. The Hall–Kier alpha value is -3.19. The summed E-state index contributed by atoms with van der Waals surface area (Å²) in [6.07, 6.45) is -1.12. The SMILES string of the molecule is C[C@H](OC(=O)[C@@H](C)N1C(=O)c2ccccc2C1=O)C(=O)Nc1ccc(Cl)cc1. The first-order chi connectivity index (χ1) is 13.3. The summed E-state index contributed by atoms with van der Waals surface area (Å²) in [6.45, 7) is 2.78. The fourth-order valence-electron chi connectivity index (χ4n) is 2.77. The number of halogens is 1. The first-order valence-electron chi connectivity index (χ1n) is 8.53. The topological polar surface area (TPSA) is 92.8 Å². The number of hydrogen-bond donors (Lipinski definition) is 1. The molecule has 2 aromatic rings. The Balaban J connectivity index is 1.64. The second-order valence-corrected chi connectivity index (χ2v) is 6.71. The van der Waals surface area contributed by atoms with Crippen LogP contribution in [0.5, 0.6) is 0 Å². The molecule has 7 nitrogen and oxygen atoms in total. The molecule has 1 heterocycles. The normalized spacial score (nSPS) is 15.0. The van der Waals surface area contributed by atoms with E-state index in [0.717, 1.165) is 4.90 Å². The quantitative estimate of drug-likeness (QED) is 0.615. The van der Waals surface area contributed by atoms with Gasteiger partial charge in [0.2, 0.25) is 0 Å². The number of nitrogens with one attached hydrogen (secondary N) is 1. The van der Waals surface area contributed by atoms with Crippen molar-refractivity contribution in [2.75, 3.05) is 5.32 Å². The van der Waals surface area contributed by atoms with E-state index in [-0.39, 0.29) is 11.1 Å². The zero-order valence-electron chi connectivity index (χ0n) is 15.1. The molecule has 0 aliphatic carbocycles. The average Bonchev–Trinajstić information content (AvgIpc) is 2.93. The van der Waals surface area contributed by atoms with E-state index in [0.29, 0.717) is 10.7 Å². The van der Waals surface area contributed by atoms with Crippen LogP contribution in [0.4, 0.5) is 5.69 Å². The lowest BCUT2D eigenvalue weighted by atomic mass is 10.1. The van der Waals surface area contributed by atoms with Gasteiger partial charge in [-0.25, -0.2) is 4.79 Å². The molecule has 0 unspecified atom stereocenters. The van der Waals surface area contributed by atoms with Gasteiger partial charge in [0.25, 0.3) is 17.7 Å². The van der Waals surface area contributed by atoms with Gasteiger partial charge in [-0.05, 0) is 50.2 Å². The van der Waals surface area contributed by atoms with Gasteiger partial charge in [-0.2, -0.15) is 0 Å². The smallest absolute Gasteiger partial charge is 0.329 e. The van der Waals surface area contributed by atoms with Crippen LogP contribution in [0.2, 0.25) is 5.02 Å². The predicted octanol–water partition coefficient (Wildman–Crippen LogP) is 2.89. The number of hydrogen-bond acceptors (Lipinski definition) is 5. The van der Waals surface area contributed by atoms with Gasteiger partial charge in [0.15, 0.2) is 6.10 Å². The summed E-state index contributed by atoms with van der Waals surface area (Å²) < 4.78 is 5.15. The second kappa shape index (κ2) is 7.82. The summed E-state index contributed by atoms with van der Waals surface area (Å²) in [4.78, 5) is 50.4. The molecule has 0 aromatic heterocycles. The predicted molar refractivity (Wildman–Crippen MR) is 102 cm³/mol. The first-order valence-corrected chi connectivity index (χ1v) is 8.91. The zero-order chi connectivity index (χ0) is 20.4. The minimum Gasteiger partial charge on any atom is -0.451 e. The van der Waals surface area contributed by atoms with Crippen LogP contribution in [-0.2, 0) is 14.3 Å². The lowest BCUT2D eigenvalue weighted by molar-refractivity contribution is -0.156. The maximum atomic E-state index is 12.4. The summed E-state index contributed by atoms with van der Waals surface area (Å²) in [5.74, 6) is -2.54. The second-order valence-electron chi connectivity index (χ2n) is 6.28. The monoisotopic (exact) mass is 400 g/mol. The number of amides is 3. The molecule has 0 radical (unpaired) electrons. The standard InChI is InChI=1S/C20H17ClN2O5/c1-11(23-18(25)15-5-3-4-6-16(15)19(23)26)20(27)28-12(2)17(24)22-14-9-7-13(21)8-10-14/h3-12H,1-2H3,(H,22,24)/t11-,12+/m1/s1. The molecule has 1 aliphatic rings. The molecule has 28 heavy (non-hydrogen) atoms. The number of carbonyl (C=O) groups excluding carboxylic acids is 4. The van der Waals surface area contributed by atoms with Crippen molar-refractivity contribution in [1.29, 1.82) is 0 Å². The number of fused-ring (bicyclic) bond motifs is 1. The number of carbonyl (C=O) groups is 4. The number of imide groups is 1. The van der Waals surface area contributed by atoms with Crippen molar-refractivity contribution in [3.05, 3.63) is 64.7 Å². The van der Waals surface area contributed by atoms with Crippen LogP contribution in [0.25, 0.3) is 0 Å². The molecule has 0 fully saturated rings. The Morgan fingerprint density at radius 1 is 0.964 bits per heavy atom. The Bertz CT molecular complexity index is 922. The van der Waals surface area contributed by atoms with Crippen LogP contribution in [0.1, 0.15) is 34.6 Å². The summed E-state index contributed by atoms with van der Waals surface area (Å²) in [5, 5.41) is 3.11. The molecule has 1 aliphatic heterocycles. The van der Waals surface area contributed by atoms with E-state index in [4.69, 9.17) is 16.3 Å². The maximum absolute atomic E-state index is 12.4. The van der Waals surface area contributed by atoms with E-state index < -0.39 is 35.8 Å². The van der Waals surface area contributed by atoms with Gasteiger partial charge in [0.05, 0.1) is 11.1 Å². The molecular weight excluding hydrogens is 384 g/mol. The van der Waals surface area contributed by atoms with Crippen LogP contribution in [0, 0.1) is 0 Å². The number of anilines is 1. The van der Waals surface area contributed by atoms with Crippen LogP contribution in [0.15, 0.2) is 48.5 Å². The number of rotatable bonds is 5. The van der Waals surface area contributed by atoms with Crippen molar-refractivity contribution in [2.45, 2.75) is 26.0 Å². The van der Waals surface area contributed by atoms with Crippen LogP contribution in [-0.4, -0.2) is 40.7 Å². The highest BCUT2D eigenvalue weighted by molar-refractivity contribution is 6.30. The number of nitrogens with zero attached hydrogens (tertiary/aromatic N) is 1. The summed E-state index contributed by atoms with van der Waals surface area (Å²) >= 11 is 5.79. The van der Waals surface area contributed by atoms with Crippen LogP contribution >= 0.6 is 11.6 Å². The fourth-order valence-corrected chi connectivity index (χ4v) is 2.89. The summed E-state index contributed by atoms with van der Waals surface area (Å²) in [5.41, 5.74) is 0.965. The van der Waals surface area contributed by atoms with Crippen molar-refractivity contribution in [3.8, 4) is 0 Å². The molecule has 0 saturated heterocycles. The molecule has 1 N–H and O–H groups in total. The lowest BCUT2D eigenvalue weighted by Crippen LogP contribution is -2.45. The largest absolute Gasteiger partial charge is 0.451 e. The maximum Gasteiger partial charge on any atom is 0.329 e. The summed E-state index contributed by atoms with van der Waals surface area (Å²) in [7, 11) is 0. The third kappa shape index (κ3) is 3.75. The molecule has 0 spiro atoms. The molecule has 3 amide bonds. The van der Waals surface area contributed by atoms with Gasteiger partial charge in [0.1, 0.15) is 6.04 Å². The van der Waals surface area contributed by atoms with Gasteiger partial charge < -0.3 is 10.1 Å². The van der Waals surface area contributed by atoms with Gasteiger partial charge >= 0.3 is 5.97 Å². The number of ether oxygens (including phenoxy) is 1. The van der Waals surface area contributed by atoms with E-state index in [1.165, 1.54) is 26.0 Å². The zero-order valence-corrected chi connectivity index (χ0v) is 15.9. The minimum absolute atomic E-state index is 0.237. The number of benzene rings is 2. The van der Waals surface area contributed by atoms with Crippen molar-refractivity contribution >= 4 is 41.0 Å². The third-order valence-electron chi connectivity index (χ3n) is 4.33. The third-order valence-corrected chi connectivity index (χ3v) is 4.58. The van der Waals surface area contributed by atoms with Crippen LogP contribution < -0.4 is 5.32 Å². The lowest BCUT2D eigenvalue weighted by Gasteiger charge is -2.22. The molecule has 8 heteroatoms. The van der Waals surface area contributed by atoms with Gasteiger partial charge in [-0.3, -0.25) is 19.3 Å². The highest BCUT2D eigenvalue weighted by atomic mass is 35.5. The molecule has 3 rings (SSSR count). The minimum atomic E-state index is -1.17. The van der Waals surface area contributed by atoms with Gasteiger partial charge in [0, 0.05) is 10.7 Å². The molecule has 2 aromatic carbocycles. The Labute approximate surface area is 166 Å². The summed E-state index contributed by atoms with van der Waals surface area (Å²) in [6, 6.07) is 11.6. The molecule has 0 saturated carbocycles. The number of esters is 1. The van der Waals surface area contributed by atoms with E-state index in [1.807, 2.05) is 0 Å². The first kappa shape index (κ1) is 19.6. The van der Waals surface area contributed by atoms with E-state index in [2.05, 4.69) is 5.32 Å². The van der Waals surface area contributed by atoms with E-state index in [1.54, 1.807) is 36.4 Å². The highest BCUT2D eigenvalue weighted by Crippen LogP contribution is 2.25.